The zero-order valence-corrected chi connectivity index (χ0v) is 14.1. The molecule has 2 aliphatic carbocycles. The number of carbonyl (C=O) groups is 1. The van der Waals surface area contributed by atoms with Crippen molar-refractivity contribution < 1.29 is 9.53 Å². The van der Waals surface area contributed by atoms with Crippen molar-refractivity contribution in [3.05, 3.63) is 35.9 Å². The lowest BCUT2D eigenvalue weighted by Gasteiger charge is -2.53. The molecule has 3 rings (SSSR count). The average Bonchev–Trinajstić information content (AvgIpc) is 2.80. The Morgan fingerprint density at radius 2 is 1.95 bits per heavy atom. The van der Waals surface area contributed by atoms with E-state index in [9.17, 15) is 4.79 Å². The minimum atomic E-state index is -0.385. The maximum absolute atomic E-state index is 12.4. The van der Waals surface area contributed by atoms with Gasteiger partial charge in [-0.15, -0.1) is 0 Å². The molecule has 0 N–H and O–H groups in total. The van der Waals surface area contributed by atoms with Gasteiger partial charge in [0.05, 0.1) is 6.42 Å². The van der Waals surface area contributed by atoms with Gasteiger partial charge in [-0.25, -0.2) is 0 Å². The zero-order valence-electron chi connectivity index (χ0n) is 14.1. The molecule has 3 atom stereocenters. The van der Waals surface area contributed by atoms with Crippen LogP contribution in [-0.2, 0) is 16.0 Å². The minimum absolute atomic E-state index is 0.0196. The molecule has 2 saturated carbocycles. The normalized spacial score (nSPS) is 30.5. The van der Waals surface area contributed by atoms with Crippen molar-refractivity contribution >= 4 is 5.97 Å². The van der Waals surface area contributed by atoms with Crippen molar-refractivity contribution in [3.8, 4) is 0 Å². The van der Waals surface area contributed by atoms with Crippen LogP contribution in [0.2, 0.25) is 0 Å². The van der Waals surface area contributed by atoms with E-state index in [-0.39, 0.29) is 17.0 Å². The third-order valence-corrected chi connectivity index (χ3v) is 5.43. The largest absolute Gasteiger partial charge is 0.460 e. The van der Waals surface area contributed by atoms with Crippen LogP contribution < -0.4 is 0 Å². The molecular formula is C20H28O2. The number of benzene rings is 1. The van der Waals surface area contributed by atoms with Crippen LogP contribution in [0.25, 0.3) is 0 Å². The highest BCUT2D eigenvalue weighted by atomic mass is 16.6. The summed E-state index contributed by atoms with van der Waals surface area (Å²) in [6.45, 7) is 5.86. The number of hydrogen-bond donors (Lipinski definition) is 0. The van der Waals surface area contributed by atoms with E-state index in [1.165, 1.54) is 31.2 Å². The molecule has 0 spiro atoms. The van der Waals surface area contributed by atoms with Crippen molar-refractivity contribution in [2.75, 3.05) is 0 Å². The fourth-order valence-corrected chi connectivity index (χ4v) is 4.74. The Hall–Kier alpha value is -1.31. The Balaban J connectivity index is 1.75. The molecule has 0 bridgehead atoms. The SMILES string of the molecule is CC(C)(C)OC(=O)CC1(Cc2ccccc2)CC2CCCC21. The summed E-state index contributed by atoms with van der Waals surface area (Å²) in [5, 5.41) is 0. The van der Waals surface area contributed by atoms with Gasteiger partial charge in [-0.2, -0.15) is 0 Å². The van der Waals surface area contributed by atoms with Crippen molar-refractivity contribution in [1.29, 1.82) is 0 Å². The number of esters is 1. The van der Waals surface area contributed by atoms with E-state index in [1.54, 1.807) is 0 Å². The maximum Gasteiger partial charge on any atom is 0.306 e. The molecule has 0 aromatic heterocycles. The second-order valence-corrected chi connectivity index (χ2v) is 8.29. The number of fused-ring (bicyclic) bond motifs is 1. The lowest BCUT2D eigenvalue weighted by Crippen LogP contribution is -2.48. The van der Waals surface area contributed by atoms with E-state index in [0.29, 0.717) is 6.42 Å². The van der Waals surface area contributed by atoms with Crippen LogP contribution in [0, 0.1) is 17.3 Å². The van der Waals surface area contributed by atoms with Gasteiger partial charge >= 0.3 is 5.97 Å². The van der Waals surface area contributed by atoms with E-state index in [4.69, 9.17) is 4.74 Å². The summed E-state index contributed by atoms with van der Waals surface area (Å²) in [4.78, 5) is 12.4. The smallest absolute Gasteiger partial charge is 0.306 e. The molecule has 0 heterocycles. The minimum Gasteiger partial charge on any atom is -0.460 e. The van der Waals surface area contributed by atoms with E-state index >= 15 is 0 Å². The monoisotopic (exact) mass is 300 g/mol. The van der Waals surface area contributed by atoms with Crippen LogP contribution in [-0.4, -0.2) is 11.6 Å². The van der Waals surface area contributed by atoms with Crippen molar-refractivity contribution in [3.63, 3.8) is 0 Å². The Labute approximate surface area is 134 Å². The molecule has 22 heavy (non-hydrogen) atoms. The average molecular weight is 300 g/mol. The summed E-state index contributed by atoms with van der Waals surface area (Å²) in [5.74, 6) is 1.56. The first kappa shape index (κ1) is 15.6. The lowest BCUT2D eigenvalue weighted by atomic mass is 9.51. The van der Waals surface area contributed by atoms with Crippen molar-refractivity contribution in [2.24, 2.45) is 17.3 Å². The molecule has 0 radical (unpaired) electrons. The van der Waals surface area contributed by atoms with Crippen LogP contribution in [0.4, 0.5) is 0 Å². The molecular weight excluding hydrogens is 272 g/mol. The second-order valence-electron chi connectivity index (χ2n) is 8.29. The van der Waals surface area contributed by atoms with E-state index in [0.717, 1.165) is 18.3 Å². The summed E-state index contributed by atoms with van der Waals surface area (Å²) < 4.78 is 5.62. The molecule has 120 valence electrons. The Kier molecular flexibility index (Phi) is 4.05. The Bertz CT molecular complexity index is 528. The predicted octanol–water partition coefficient (Wildman–Crippen LogP) is 4.77. The lowest BCUT2D eigenvalue weighted by molar-refractivity contribution is -0.163. The molecule has 1 aromatic rings. The molecule has 0 aliphatic heterocycles. The van der Waals surface area contributed by atoms with Crippen LogP contribution in [0.15, 0.2) is 30.3 Å². The van der Waals surface area contributed by atoms with Crippen LogP contribution in [0.5, 0.6) is 0 Å². The number of ether oxygens (including phenoxy) is 1. The van der Waals surface area contributed by atoms with E-state index < -0.39 is 0 Å². The third kappa shape index (κ3) is 3.21. The summed E-state index contributed by atoms with van der Waals surface area (Å²) in [6.07, 6.45) is 6.79. The van der Waals surface area contributed by atoms with Crippen molar-refractivity contribution in [2.45, 2.75) is 64.9 Å². The molecule has 0 saturated heterocycles. The molecule has 3 unspecified atom stereocenters. The van der Waals surface area contributed by atoms with E-state index in [1.807, 2.05) is 20.8 Å². The standard InChI is InChI=1S/C20H28O2/c1-19(2,3)22-18(21)14-20(12-15-8-5-4-6-9-15)13-16-10-7-11-17(16)20/h4-6,8-9,16-17H,7,10-14H2,1-3H3. The fourth-order valence-electron chi connectivity index (χ4n) is 4.74. The van der Waals surface area contributed by atoms with Crippen LogP contribution in [0.1, 0.15) is 58.4 Å². The first-order chi connectivity index (χ1) is 10.4. The topological polar surface area (TPSA) is 26.3 Å². The summed E-state index contributed by atoms with van der Waals surface area (Å²) in [7, 11) is 0. The summed E-state index contributed by atoms with van der Waals surface area (Å²) in [5.41, 5.74) is 1.12. The number of carbonyl (C=O) groups excluding carboxylic acids is 1. The number of hydrogen-bond acceptors (Lipinski definition) is 2. The predicted molar refractivity (Wildman–Crippen MR) is 88.5 cm³/mol. The number of rotatable bonds is 4. The van der Waals surface area contributed by atoms with Gasteiger partial charge in [0.1, 0.15) is 5.60 Å². The van der Waals surface area contributed by atoms with Gasteiger partial charge in [0.25, 0.3) is 0 Å². The highest BCUT2D eigenvalue weighted by Gasteiger charge is 2.56. The highest BCUT2D eigenvalue weighted by Crippen LogP contribution is 2.62. The van der Waals surface area contributed by atoms with Gasteiger partial charge in [0.15, 0.2) is 0 Å². The summed E-state index contributed by atoms with van der Waals surface area (Å²) >= 11 is 0. The molecule has 1 aromatic carbocycles. The first-order valence-corrected chi connectivity index (χ1v) is 8.64. The first-order valence-electron chi connectivity index (χ1n) is 8.64. The quantitative estimate of drug-likeness (QED) is 0.749. The third-order valence-electron chi connectivity index (χ3n) is 5.43. The molecule has 2 nitrogen and oxygen atoms in total. The second kappa shape index (κ2) is 5.72. The fraction of sp³-hybridized carbons (Fsp3) is 0.650. The van der Waals surface area contributed by atoms with Gasteiger partial charge in [0, 0.05) is 0 Å². The highest BCUT2D eigenvalue weighted by molar-refractivity contribution is 5.71. The van der Waals surface area contributed by atoms with Gasteiger partial charge in [0.2, 0.25) is 0 Å². The molecule has 0 amide bonds. The Morgan fingerprint density at radius 1 is 1.23 bits per heavy atom. The van der Waals surface area contributed by atoms with Crippen LogP contribution in [0.3, 0.4) is 0 Å². The van der Waals surface area contributed by atoms with Gasteiger partial charge in [-0.1, -0.05) is 43.2 Å². The van der Waals surface area contributed by atoms with Crippen molar-refractivity contribution in [1.82, 2.24) is 0 Å². The van der Waals surface area contributed by atoms with Gasteiger partial charge in [-0.05, 0) is 62.8 Å². The Morgan fingerprint density at radius 3 is 2.59 bits per heavy atom. The van der Waals surface area contributed by atoms with E-state index in [2.05, 4.69) is 30.3 Å². The molecule has 2 aliphatic rings. The zero-order chi connectivity index (χ0) is 15.8. The van der Waals surface area contributed by atoms with Gasteiger partial charge in [-0.3, -0.25) is 4.79 Å². The van der Waals surface area contributed by atoms with Crippen LogP contribution >= 0.6 is 0 Å². The molecule has 2 fully saturated rings. The summed E-state index contributed by atoms with van der Waals surface area (Å²) in [6, 6.07) is 10.6. The molecule has 2 heteroatoms. The maximum atomic E-state index is 12.4. The van der Waals surface area contributed by atoms with Gasteiger partial charge < -0.3 is 4.74 Å².